The van der Waals surface area contributed by atoms with Crippen molar-refractivity contribution in [3.8, 4) is 0 Å². The van der Waals surface area contributed by atoms with Gasteiger partial charge in [-0.1, -0.05) is 12.1 Å². The molecule has 29 heavy (non-hydrogen) atoms. The minimum absolute atomic E-state index is 0.100. The molecule has 154 valence electrons. The Bertz CT molecular complexity index is 854. The molecule has 0 aromatic heterocycles. The van der Waals surface area contributed by atoms with Crippen molar-refractivity contribution in [2.75, 3.05) is 26.2 Å². The quantitative estimate of drug-likeness (QED) is 0.742. The highest BCUT2D eigenvalue weighted by atomic mass is 16.2. The van der Waals surface area contributed by atoms with Crippen LogP contribution in [0.5, 0.6) is 0 Å². The van der Waals surface area contributed by atoms with E-state index in [9.17, 15) is 14.4 Å². The van der Waals surface area contributed by atoms with E-state index in [4.69, 9.17) is 0 Å². The summed E-state index contributed by atoms with van der Waals surface area (Å²) in [5.41, 5.74) is 2.92. The lowest BCUT2D eigenvalue weighted by molar-refractivity contribution is -0.136. The lowest BCUT2D eigenvalue weighted by atomic mass is 9.81. The van der Waals surface area contributed by atoms with Crippen LogP contribution < -0.4 is 10.6 Å². The SMILES string of the molecule is O=C1CCC(N2Cc3cc(CN4CCC5CNCCC5C4)ccc3C2=O)C(=O)N1. The van der Waals surface area contributed by atoms with E-state index in [1.807, 2.05) is 6.07 Å². The fraction of sp³-hybridized carbons (Fsp3) is 0.591. The van der Waals surface area contributed by atoms with E-state index in [-0.39, 0.29) is 24.1 Å². The van der Waals surface area contributed by atoms with Gasteiger partial charge in [0.25, 0.3) is 5.91 Å². The van der Waals surface area contributed by atoms with Crippen LogP contribution in [-0.2, 0) is 22.7 Å². The van der Waals surface area contributed by atoms with Crippen molar-refractivity contribution in [2.45, 2.75) is 44.8 Å². The predicted octanol–water partition coefficient (Wildman–Crippen LogP) is 0.879. The minimum Gasteiger partial charge on any atom is -0.322 e. The number of benzene rings is 1. The Morgan fingerprint density at radius 1 is 1.07 bits per heavy atom. The van der Waals surface area contributed by atoms with E-state index in [0.717, 1.165) is 50.1 Å². The highest BCUT2D eigenvalue weighted by Gasteiger charge is 2.39. The van der Waals surface area contributed by atoms with Crippen LogP contribution in [0.2, 0.25) is 0 Å². The summed E-state index contributed by atoms with van der Waals surface area (Å²) >= 11 is 0. The summed E-state index contributed by atoms with van der Waals surface area (Å²) in [5.74, 6) is 0.906. The fourth-order valence-corrected chi connectivity index (χ4v) is 5.45. The number of piperidine rings is 3. The molecule has 5 rings (SSSR count). The summed E-state index contributed by atoms with van der Waals surface area (Å²) in [4.78, 5) is 40.6. The number of imide groups is 1. The van der Waals surface area contributed by atoms with Gasteiger partial charge >= 0.3 is 0 Å². The van der Waals surface area contributed by atoms with E-state index >= 15 is 0 Å². The van der Waals surface area contributed by atoms with Crippen LogP contribution in [-0.4, -0.2) is 59.7 Å². The molecule has 4 aliphatic rings. The molecule has 0 aliphatic carbocycles. The summed E-state index contributed by atoms with van der Waals surface area (Å²) in [6.07, 6.45) is 3.21. The number of hydrogen-bond donors (Lipinski definition) is 2. The van der Waals surface area contributed by atoms with Gasteiger partial charge in [0.15, 0.2) is 0 Å². The van der Waals surface area contributed by atoms with Crippen molar-refractivity contribution in [2.24, 2.45) is 11.8 Å². The fourth-order valence-electron chi connectivity index (χ4n) is 5.45. The van der Waals surface area contributed by atoms with Gasteiger partial charge in [-0.2, -0.15) is 0 Å². The molecular weight excluding hydrogens is 368 g/mol. The molecule has 1 aromatic carbocycles. The Kier molecular flexibility index (Phi) is 4.87. The molecule has 1 aromatic rings. The van der Waals surface area contributed by atoms with E-state index in [1.54, 1.807) is 4.90 Å². The normalized spacial score (nSPS) is 30.1. The van der Waals surface area contributed by atoms with Gasteiger partial charge in [-0.15, -0.1) is 0 Å². The molecule has 0 radical (unpaired) electrons. The molecule has 3 fully saturated rings. The average Bonchev–Trinajstić information content (AvgIpc) is 3.04. The highest BCUT2D eigenvalue weighted by molar-refractivity contribution is 6.05. The molecule has 3 atom stereocenters. The third-order valence-electron chi connectivity index (χ3n) is 7.07. The minimum atomic E-state index is -0.546. The van der Waals surface area contributed by atoms with Crippen LogP contribution in [0.1, 0.15) is 47.2 Å². The van der Waals surface area contributed by atoms with Crippen molar-refractivity contribution in [1.82, 2.24) is 20.4 Å². The van der Waals surface area contributed by atoms with Crippen molar-refractivity contribution in [3.05, 3.63) is 34.9 Å². The van der Waals surface area contributed by atoms with Gasteiger partial charge in [-0.3, -0.25) is 24.6 Å². The highest BCUT2D eigenvalue weighted by Crippen LogP contribution is 2.31. The standard InChI is InChI=1S/C22H28N4O3/c27-20-4-3-19(21(28)24-20)26-13-17-9-14(1-2-18(17)22(26)29)11-25-8-6-15-10-23-7-5-16(15)12-25/h1-2,9,15-16,19,23H,3-8,10-13H2,(H,24,27,28). The Hall–Kier alpha value is -2.25. The van der Waals surface area contributed by atoms with Crippen LogP contribution >= 0.6 is 0 Å². The third kappa shape index (κ3) is 3.57. The van der Waals surface area contributed by atoms with Crippen LogP contribution in [0.15, 0.2) is 18.2 Å². The molecule has 4 heterocycles. The van der Waals surface area contributed by atoms with Crippen LogP contribution in [0.3, 0.4) is 0 Å². The van der Waals surface area contributed by atoms with Crippen LogP contribution in [0.25, 0.3) is 0 Å². The predicted molar refractivity (Wildman–Crippen MR) is 107 cm³/mol. The number of carbonyl (C=O) groups is 3. The Morgan fingerprint density at radius 2 is 1.97 bits per heavy atom. The Morgan fingerprint density at radius 3 is 2.83 bits per heavy atom. The van der Waals surface area contributed by atoms with Crippen molar-refractivity contribution >= 4 is 17.7 Å². The first-order valence-electron chi connectivity index (χ1n) is 10.8. The van der Waals surface area contributed by atoms with Gasteiger partial charge in [0.1, 0.15) is 6.04 Å². The smallest absolute Gasteiger partial charge is 0.255 e. The van der Waals surface area contributed by atoms with Crippen molar-refractivity contribution in [3.63, 3.8) is 0 Å². The second-order valence-corrected chi connectivity index (χ2v) is 8.93. The molecule has 0 saturated carbocycles. The second-order valence-electron chi connectivity index (χ2n) is 8.93. The third-order valence-corrected chi connectivity index (χ3v) is 7.07. The van der Waals surface area contributed by atoms with E-state index < -0.39 is 6.04 Å². The number of hydrogen-bond acceptors (Lipinski definition) is 5. The maximum atomic E-state index is 12.8. The maximum Gasteiger partial charge on any atom is 0.255 e. The second kappa shape index (κ2) is 7.54. The van der Waals surface area contributed by atoms with E-state index in [2.05, 4.69) is 27.7 Å². The molecule has 0 spiro atoms. The monoisotopic (exact) mass is 396 g/mol. The van der Waals surface area contributed by atoms with Crippen LogP contribution in [0.4, 0.5) is 0 Å². The van der Waals surface area contributed by atoms with Gasteiger partial charge in [0, 0.05) is 31.6 Å². The first-order valence-corrected chi connectivity index (χ1v) is 10.8. The topological polar surface area (TPSA) is 81.8 Å². The number of likely N-dealkylation sites (tertiary alicyclic amines) is 1. The van der Waals surface area contributed by atoms with Gasteiger partial charge in [0.05, 0.1) is 0 Å². The number of amides is 3. The Balaban J connectivity index is 1.26. The first kappa shape index (κ1) is 18.8. The molecular formula is C22H28N4O3. The summed E-state index contributed by atoms with van der Waals surface area (Å²) in [5, 5.41) is 5.87. The molecule has 2 N–H and O–H groups in total. The van der Waals surface area contributed by atoms with Gasteiger partial charge in [-0.05, 0) is 67.9 Å². The number of carbonyl (C=O) groups excluding carboxylic acids is 3. The zero-order chi connectivity index (χ0) is 20.0. The number of nitrogens with one attached hydrogen (secondary N) is 2. The summed E-state index contributed by atoms with van der Waals surface area (Å²) in [7, 11) is 0. The van der Waals surface area contributed by atoms with Crippen molar-refractivity contribution < 1.29 is 14.4 Å². The van der Waals surface area contributed by atoms with E-state index in [1.165, 1.54) is 18.4 Å². The number of rotatable bonds is 3. The number of nitrogens with zero attached hydrogens (tertiary/aromatic N) is 2. The van der Waals surface area contributed by atoms with E-state index in [0.29, 0.717) is 18.5 Å². The molecule has 3 saturated heterocycles. The lowest BCUT2D eigenvalue weighted by Crippen LogP contribution is -2.52. The first-order chi connectivity index (χ1) is 14.1. The molecule has 3 unspecified atom stereocenters. The maximum absolute atomic E-state index is 12.8. The van der Waals surface area contributed by atoms with Crippen LogP contribution in [0, 0.1) is 11.8 Å². The summed E-state index contributed by atoms with van der Waals surface area (Å²) < 4.78 is 0. The number of fused-ring (bicyclic) bond motifs is 2. The molecule has 7 nitrogen and oxygen atoms in total. The zero-order valence-corrected chi connectivity index (χ0v) is 16.7. The van der Waals surface area contributed by atoms with Gasteiger partial charge in [-0.25, -0.2) is 0 Å². The molecule has 0 bridgehead atoms. The largest absolute Gasteiger partial charge is 0.322 e. The summed E-state index contributed by atoms with van der Waals surface area (Å²) in [6, 6.07) is 5.55. The zero-order valence-electron chi connectivity index (χ0n) is 16.7. The molecule has 3 amide bonds. The lowest BCUT2D eigenvalue weighted by Gasteiger charge is -2.41. The average molecular weight is 396 g/mol. The van der Waals surface area contributed by atoms with Crippen molar-refractivity contribution in [1.29, 1.82) is 0 Å². The molecule has 4 aliphatic heterocycles. The Labute approximate surface area is 170 Å². The molecule has 7 heteroatoms. The van der Waals surface area contributed by atoms with Gasteiger partial charge in [0.2, 0.25) is 11.8 Å². The summed E-state index contributed by atoms with van der Waals surface area (Å²) in [6.45, 7) is 5.94. The van der Waals surface area contributed by atoms with Gasteiger partial charge < -0.3 is 10.2 Å².